The molecule has 0 N–H and O–H groups in total. The highest BCUT2D eigenvalue weighted by Crippen LogP contribution is 2.36. The van der Waals surface area contributed by atoms with Gasteiger partial charge in [0.05, 0.1) is 10.6 Å². The second-order valence-electron chi connectivity index (χ2n) is 4.57. The fraction of sp³-hybridized carbons (Fsp3) is 0.200. The van der Waals surface area contributed by atoms with Crippen LogP contribution in [0.5, 0.6) is 0 Å². The van der Waals surface area contributed by atoms with E-state index in [-0.39, 0.29) is 5.02 Å². The second-order valence-corrected chi connectivity index (χ2v) is 4.98. The first-order valence-corrected chi connectivity index (χ1v) is 6.10. The van der Waals surface area contributed by atoms with Gasteiger partial charge < -0.3 is 0 Å². The molecule has 2 aromatic carbocycles. The molecule has 100 valence electrons. The lowest BCUT2D eigenvalue weighted by molar-refractivity contribution is -0.137. The van der Waals surface area contributed by atoms with E-state index in [1.165, 1.54) is 12.1 Å². The molecule has 0 aliphatic heterocycles. The number of hydrogen-bond donors (Lipinski definition) is 0. The van der Waals surface area contributed by atoms with Gasteiger partial charge in [-0.3, -0.25) is 0 Å². The summed E-state index contributed by atoms with van der Waals surface area (Å²) in [6.07, 6.45) is -4.42. The highest BCUT2D eigenvalue weighted by Gasteiger charge is 2.33. The standard InChI is InChI=1S/C15H12ClF3/c1-9-5-10(2)7-12(6-9)11-3-4-13(14(16)8-11)15(17,18)19/h3-8H,1-2H3. The smallest absolute Gasteiger partial charge is 0.166 e. The van der Waals surface area contributed by atoms with Gasteiger partial charge >= 0.3 is 6.18 Å². The lowest BCUT2D eigenvalue weighted by Gasteiger charge is -2.11. The van der Waals surface area contributed by atoms with Crippen molar-refractivity contribution in [2.75, 3.05) is 0 Å². The normalized spacial score (nSPS) is 11.7. The lowest BCUT2D eigenvalue weighted by Crippen LogP contribution is -2.05. The van der Waals surface area contributed by atoms with Crippen LogP contribution in [0.1, 0.15) is 16.7 Å². The predicted octanol–water partition coefficient (Wildman–Crippen LogP) is 5.64. The maximum atomic E-state index is 12.6. The largest absolute Gasteiger partial charge is 0.417 e. The monoisotopic (exact) mass is 284 g/mol. The molecule has 0 saturated carbocycles. The van der Waals surface area contributed by atoms with Crippen LogP contribution in [0.4, 0.5) is 13.2 Å². The minimum Gasteiger partial charge on any atom is -0.166 e. The molecule has 0 amide bonds. The third-order valence-corrected chi connectivity index (χ3v) is 3.14. The van der Waals surface area contributed by atoms with Crippen molar-refractivity contribution >= 4 is 11.6 Å². The van der Waals surface area contributed by atoms with Crippen LogP contribution in [0.25, 0.3) is 11.1 Å². The fourth-order valence-electron chi connectivity index (χ4n) is 2.07. The van der Waals surface area contributed by atoms with E-state index in [9.17, 15) is 13.2 Å². The van der Waals surface area contributed by atoms with Gasteiger partial charge in [-0.2, -0.15) is 13.2 Å². The van der Waals surface area contributed by atoms with Crippen LogP contribution in [0.3, 0.4) is 0 Å². The van der Waals surface area contributed by atoms with Gasteiger partial charge in [0, 0.05) is 0 Å². The van der Waals surface area contributed by atoms with E-state index in [2.05, 4.69) is 0 Å². The predicted molar refractivity (Wildman–Crippen MR) is 71.4 cm³/mol. The molecule has 4 heteroatoms. The Morgan fingerprint density at radius 1 is 0.842 bits per heavy atom. The van der Waals surface area contributed by atoms with Gasteiger partial charge in [0.15, 0.2) is 0 Å². The maximum absolute atomic E-state index is 12.6. The molecule has 0 saturated heterocycles. The van der Waals surface area contributed by atoms with E-state index < -0.39 is 11.7 Å². The average Bonchev–Trinajstić information content (AvgIpc) is 2.25. The molecule has 0 aromatic heterocycles. The van der Waals surface area contributed by atoms with Crippen molar-refractivity contribution in [2.24, 2.45) is 0 Å². The van der Waals surface area contributed by atoms with E-state index in [0.29, 0.717) is 5.56 Å². The van der Waals surface area contributed by atoms with Crippen LogP contribution in [0.2, 0.25) is 5.02 Å². The van der Waals surface area contributed by atoms with Crippen LogP contribution >= 0.6 is 11.6 Å². The Morgan fingerprint density at radius 2 is 1.42 bits per heavy atom. The van der Waals surface area contributed by atoms with Gasteiger partial charge in [0.25, 0.3) is 0 Å². The number of aryl methyl sites for hydroxylation is 2. The van der Waals surface area contributed by atoms with Crippen LogP contribution in [0, 0.1) is 13.8 Å². The Balaban J connectivity index is 2.50. The summed E-state index contributed by atoms with van der Waals surface area (Å²) in [6, 6.07) is 9.68. The first-order valence-electron chi connectivity index (χ1n) is 5.73. The Bertz CT molecular complexity index is 595. The average molecular weight is 285 g/mol. The number of benzene rings is 2. The fourth-order valence-corrected chi connectivity index (χ4v) is 2.35. The molecule has 0 aliphatic carbocycles. The van der Waals surface area contributed by atoms with E-state index in [1.54, 1.807) is 0 Å². The van der Waals surface area contributed by atoms with Gasteiger partial charge in [0.2, 0.25) is 0 Å². The van der Waals surface area contributed by atoms with Gasteiger partial charge in [-0.05, 0) is 37.1 Å². The summed E-state index contributed by atoms with van der Waals surface area (Å²) in [7, 11) is 0. The second kappa shape index (κ2) is 4.89. The summed E-state index contributed by atoms with van der Waals surface area (Å²) in [6.45, 7) is 3.89. The van der Waals surface area contributed by atoms with Crippen molar-refractivity contribution < 1.29 is 13.2 Å². The Morgan fingerprint density at radius 3 is 1.89 bits per heavy atom. The quantitative estimate of drug-likeness (QED) is 0.635. The molecule has 0 unspecified atom stereocenters. The number of alkyl halides is 3. The summed E-state index contributed by atoms with van der Waals surface area (Å²) in [5.41, 5.74) is 2.87. The van der Waals surface area contributed by atoms with Crippen molar-refractivity contribution in [1.82, 2.24) is 0 Å². The Kier molecular flexibility index (Phi) is 3.59. The van der Waals surface area contributed by atoms with Crippen LogP contribution < -0.4 is 0 Å². The zero-order valence-corrected chi connectivity index (χ0v) is 11.2. The molecule has 19 heavy (non-hydrogen) atoms. The first kappa shape index (κ1) is 13.9. The highest BCUT2D eigenvalue weighted by molar-refractivity contribution is 6.31. The molecule has 0 atom stereocenters. The molecular formula is C15H12ClF3. The molecule has 0 bridgehead atoms. The van der Waals surface area contributed by atoms with Gasteiger partial charge in [0.1, 0.15) is 0 Å². The van der Waals surface area contributed by atoms with E-state index >= 15 is 0 Å². The Hall–Kier alpha value is -1.48. The minimum absolute atomic E-state index is 0.274. The third kappa shape index (κ3) is 3.10. The number of halogens is 4. The minimum atomic E-state index is -4.42. The third-order valence-electron chi connectivity index (χ3n) is 2.83. The van der Waals surface area contributed by atoms with Gasteiger partial charge in [-0.15, -0.1) is 0 Å². The van der Waals surface area contributed by atoms with E-state index in [0.717, 1.165) is 22.8 Å². The zero-order chi connectivity index (χ0) is 14.2. The summed E-state index contributed by atoms with van der Waals surface area (Å²) in [5.74, 6) is 0. The first-order chi connectivity index (χ1) is 8.77. The molecule has 2 rings (SSSR count). The SMILES string of the molecule is Cc1cc(C)cc(-c2ccc(C(F)(F)F)c(Cl)c2)c1. The number of hydrogen-bond acceptors (Lipinski definition) is 0. The molecule has 0 aliphatic rings. The van der Waals surface area contributed by atoms with Crippen LogP contribution in [-0.4, -0.2) is 0 Å². The summed E-state index contributed by atoms with van der Waals surface area (Å²) in [4.78, 5) is 0. The Labute approximate surface area is 114 Å². The molecule has 0 fully saturated rings. The van der Waals surface area contributed by atoms with Crippen molar-refractivity contribution in [1.29, 1.82) is 0 Å². The summed E-state index contributed by atoms with van der Waals surface area (Å²) >= 11 is 5.72. The van der Waals surface area contributed by atoms with Crippen molar-refractivity contribution in [2.45, 2.75) is 20.0 Å². The maximum Gasteiger partial charge on any atom is 0.417 e. The van der Waals surface area contributed by atoms with Crippen molar-refractivity contribution in [3.63, 3.8) is 0 Å². The molecular weight excluding hydrogens is 273 g/mol. The van der Waals surface area contributed by atoms with Crippen LogP contribution in [0.15, 0.2) is 36.4 Å². The molecule has 0 nitrogen and oxygen atoms in total. The summed E-state index contributed by atoms with van der Waals surface area (Å²) < 4.78 is 37.9. The zero-order valence-electron chi connectivity index (χ0n) is 10.5. The van der Waals surface area contributed by atoms with Crippen LogP contribution in [-0.2, 0) is 6.18 Å². The molecule has 0 radical (unpaired) electrons. The van der Waals surface area contributed by atoms with Crippen molar-refractivity contribution in [3.05, 3.63) is 58.1 Å². The lowest BCUT2D eigenvalue weighted by atomic mass is 9.99. The topological polar surface area (TPSA) is 0 Å². The number of rotatable bonds is 1. The van der Waals surface area contributed by atoms with E-state index in [1.807, 2.05) is 32.0 Å². The van der Waals surface area contributed by atoms with Gasteiger partial charge in [-0.1, -0.05) is 47.0 Å². The van der Waals surface area contributed by atoms with Crippen molar-refractivity contribution in [3.8, 4) is 11.1 Å². The molecule has 0 heterocycles. The van der Waals surface area contributed by atoms with Gasteiger partial charge in [-0.25, -0.2) is 0 Å². The van der Waals surface area contributed by atoms with E-state index in [4.69, 9.17) is 11.6 Å². The highest BCUT2D eigenvalue weighted by atomic mass is 35.5. The molecule has 0 spiro atoms. The summed E-state index contributed by atoms with van der Waals surface area (Å²) in [5, 5.41) is -0.274. The molecule has 2 aromatic rings.